The van der Waals surface area contributed by atoms with E-state index in [0.717, 1.165) is 29.8 Å². The van der Waals surface area contributed by atoms with Gasteiger partial charge in [0.1, 0.15) is 11.6 Å². The average molecular weight is 390 g/mol. The van der Waals surface area contributed by atoms with Crippen LogP contribution < -0.4 is 0 Å². The van der Waals surface area contributed by atoms with Gasteiger partial charge in [-0.05, 0) is 63.6 Å². The van der Waals surface area contributed by atoms with E-state index in [1.807, 2.05) is 11.5 Å². The van der Waals surface area contributed by atoms with Crippen molar-refractivity contribution in [1.29, 1.82) is 0 Å². The van der Waals surface area contributed by atoms with Gasteiger partial charge in [-0.15, -0.1) is 0 Å². The lowest BCUT2D eigenvalue weighted by Crippen LogP contribution is -2.58. The van der Waals surface area contributed by atoms with E-state index >= 15 is 0 Å². The van der Waals surface area contributed by atoms with Gasteiger partial charge in [-0.25, -0.2) is 13.1 Å². The fraction of sp³-hybridized carbons (Fsp3) is 0.429. The lowest BCUT2D eigenvalue weighted by molar-refractivity contribution is -0.0610. The van der Waals surface area contributed by atoms with Crippen LogP contribution in [0.4, 0.5) is 8.78 Å². The zero-order chi connectivity index (χ0) is 19.4. The Hall–Kier alpha value is -1.63. The van der Waals surface area contributed by atoms with Crippen LogP contribution in [0.3, 0.4) is 0 Å². The second kappa shape index (κ2) is 6.47. The zero-order valence-electron chi connectivity index (χ0n) is 15.8. The Morgan fingerprint density at radius 3 is 2.04 bits per heavy atom. The molecule has 0 radical (unpaired) electrons. The highest BCUT2D eigenvalue weighted by Gasteiger charge is 2.45. The predicted molar refractivity (Wildman–Crippen MR) is 108 cm³/mol. The molecule has 1 aliphatic rings. The van der Waals surface area contributed by atoms with E-state index in [0.29, 0.717) is 17.3 Å². The Labute approximate surface area is 162 Å². The second-order valence-electron chi connectivity index (χ2n) is 8.03. The maximum absolute atomic E-state index is 13.8. The number of rotatable bonds is 4. The molecule has 144 valence electrons. The molecular formula is C21H24F2N2OS. The van der Waals surface area contributed by atoms with Crippen LogP contribution in [-0.2, 0) is 6.54 Å². The first-order valence-electron chi connectivity index (χ1n) is 9.21. The molecule has 1 atom stereocenters. The van der Waals surface area contributed by atoms with E-state index < -0.39 is 11.1 Å². The summed E-state index contributed by atoms with van der Waals surface area (Å²) in [5.41, 5.74) is 0.0765. The van der Waals surface area contributed by atoms with Gasteiger partial charge >= 0.3 is 0 Å². The van der Waals surface area contributed by atoms with E-state index in [1.54, 1.807) is 24.1 Å². The van der Waals surface area contributed by atoms with Gasteiger partial charge < -0.3 is 9.67 Å². The molecule has 2 aromatic carbocycles. The molecule has 27 heavy (non-hydrogen) atoms. The highest BCUT2D eigenvalue weighted by molar-refractivity contribution is 7.97. The monoisotopic (exact) mass is 390 g/mol. The van der Waals surface area contributed by atoms with Crippen molar-refractivity contribution in [3.8, 4) is 0 Å². The predicted octanol–water partition coefficient (Wildman–Crippen LogP) is 4.96. The Balaban J connectivity index is 1.85. The molecule has 1 unspecified atom stereocenters. The molecular weight excluding hydrogens is 366 g/mol. The summed E-state index contributed by atoms with van der Waals surface area (Å²) < 4.78 is 31.9. The summed E-state index contributed by atoms with van der Waals surface area (Å²) in [6, 6.07) is 9.09. The molecule has 1 N–H and O–H groups in total. The van der Waals surface area contributed by atoms with Gasteiger partial charge in [0.05, 0.1) is 17.7 Å². The molecule has 2 heterocycles. The van der Waals surface area contributed by atoms with Gasteiger partial charge in [0.15, 0.2) is 0 Å². The van der Waals surface area contributed by atoms with Crippen molar-refractivity contribution in [3.05, 3.63) is 48.0 Å². The first-order valence-corrected chi connectivity index (χ1v) is 10.1. The number of nitrogens with zero attached hydrogens (tertiary/aromatic N) is 2. The van der Waals surface area contributed by atoms with Crippen molar-refractivity contribution in [2.24, 2.45) is 0 Å². The normalized spacial score (nSPS) is 18.4. The molecule has 0 spiro atoms. The highest BCUT2D eigenvalue weighted by atomic mass is 32.2. The summed E-state index contributed by atoms with van der Waals surface area (Å²) in [5, 5.41) is 12.8. The Kier molecular flexibility index (Phi) is 4.48. The molecule has 3 nitrogen and oxygen atoms in total. The zero-order valence-corrected chi connectivity index (χ0v) is 16.6. The summed E-state index contributed by atoms with van der Waals surface area (Å²) in [7, 11) is 0. The maximum Gasteiger partial charge on any atom is 0.123 e. The standard InChI is InChI=1S/C21H24F2N2OS/c1-20(2,25-9-4-10-27-25)21(3,26)13-24-18-7-5-14(22)11-16(18)17-12-15(23)6-8-19(17)24/h5-8,11-12,26H,4,9-10,13H2,1-3H3. The lowest BCUT2D eigenvalue weighted by atomic mass is 9.83. The van der Waals surface area contributed by atoms with Crippen LogP contribution in [0.2, 0.25) is 0 Å². The van der Waals surface area contributed by atoms with Gasteiger partial charge in [0.25, 0.3) is 0 Å². The van der Waals surface area contributed by atoms with E-state index in [4.69, 9.17) is 0 Å². The molecule has 1 fully saturated rings. The molecule has 4 rings (SSSR count). The summed E-state index contributed by atoms with van der Waals surface area (Å²) >= 11 is 1.76. The largest absolute Gasteiger partial charge is 0.386 e. The van der Waals surface area contributed by atoms with Gasteiger partial charge in [-0.2, -0.15) is 0 Å². The van der Waals surface area contributed by atoms with Crippen LogP contribution in [-0.4, -0.2) is 37.4 Å². The van der Waals surface area contributed by atoms with Crippen LogP contribution in [0.5, 0.6) is 0 Å². The number of aromatic nitrogens is 1. The van der Waals surface area contributed by atoms with Crippen molar-refractivity contribution < 1.29 is 13.9 Å². The lowest BCUT2D eigenvalue weighted by Gasteiger charge is -2.46. The fourth-order valence-electron chi connectivity index (χ4n) is 3.88. The van der Waals surface area contributed by atoms with Crippen LogP contribution in [0.15, 0.2) is 36.4 Å². The fourth-order valence-corrected chi connectivity index (χ4v) is 5.13. The van der Waals surface area contributed by atoms with Crippen LogP contribution in [0, 0.1) is 11.6 Å². The van der Waals surface area contributed by atoms with Crippen LogP contribution in [0.1, 0.15) is 27.2 Å². The minimum Gasteiger partial charge on any atom is -0.386 e. The third-order valence-electron chi connectivity index (χ3n) is 5.95. The highest BCUT2D eigenvalue weighted by Crippen LogP contribution is 2.39. The van der Waals surface area contributed by atoms with Gasteiger partial charge in [0.2, 0.25) is 0 Å². The van der Waals surface area contributed by atoms with Crippen molar-refractivity contribution in [1.82, 2.24) is 8.87 Å². The third kappa shape index (κ3) is 3.04. The van der Waals surface area contributed by atoms with Gasteiger partial charge in [-0.3, -0.25) is 0 Å². The molecule has 1 aliphatic heterocycles. The summed E-state index contributed by atoms with van der Waals surface area (Å²) in [5.74, 6) is 0.353. The van der Waals surface area contributed by atoms with E-state index in [-0.39, 0.29) is 11.6 Å². The topological polar surface area (TPSA) is 28.4 Å². The summed E-state index contributed by atoms with van der Waals surface area (Å²) in [4.78, 5) is 0. The number of benzene rings is 2. The number of hydrogen-bond acceptors (Lipinski definition) is 3. The molecule has 0 saturated carbocycles. The number of fused-ring (bicyclic) bond motifs is 3. The van der Waals surface area contributed by atoms with E-state index in [1.165, 1.54) is 24.3 Å². The Morgan fingerprint density at radius 2 is 1.56 bits per heavy atom. The Morgan fingerprint density at radius 1 is 1.00 bits per heavy atom. The number of aliphatic hydroxyl groups is 1. The first-order chi connectivity index (χ1) is 12.7. The average Bonchev–Trinajstić information content (AvgIpc) is 3.23. The van der Waals surface area contributed by atoms with E-state index in [9.17, 15) is 13.9 Å². The summed E-state index contributed by atoms with van der Waals surface area (Å²) in [6.45, 7) is 7.22. The van der Waals surface area contributed by atoms with Crippen LogP contribution in [0.25, 0.3) is 21.8 Å². The Bertz CT molecular complexity index is 947. The molecule has 0 amide bonds. The van der Waals surface area contributed by atoms with Crippen molar-refractivity contribution in [3.63, 3.8) is 0 Å². The van der Waals surface area contributed by atoms with Crippen molar-refractivity contribution in [2.75, 3.05) is 12.3 Å². The minimum absolute atomic E-state index is 0.328. The maximum atomic E-state index is 13.8. The molecule has 0 bridgehead atoms. The van der Waals surface area contributed by atoms with E-state index in [2.05, 4.69) is 18.2 Å². The number of halogens is 2. The van der Waals surface area contributed by atoms with Gasteiger partial charge in [0, 0.05) is 34.1 Å². The van der Waals surface area contributed by atoms with Crippen molar-refractivity contribution >= 4 is 33.8 Å². The van der Waals surface area contributed by atoms with Gasteiger partial charge in [-0.1, -0.05) is 11.9 Å². The molecule has 1 saturated heterocycles. The first kappa shape index (κ1) is 18.7. The SMILES string of the molecule is CC(O)(Cn1c2ccc(F)cc2c2cc(F)ccc21)C(C)(C)N1CCCS1. The third-order valence-corrected chi connectivity index (χ3v) is 7.37. The number of hydrogen-bond donors (Lipinski definition) is 1. The molecule has 1 aromatic heterocycles. The summed E-state index contributed by atoms with van der Waals surface area (Å²) in [6.07, 6.45) is 1.11. The van der Waals surface area contributed by atoms with Crippen LogP contribution >= 0.6 is 11.9 Å². The second-order valence-corrected chi connectivity index (χ2v) is 9.14. The smallest absolute Gasteiger partial charge is 0.123 e. The molecule has 6 heteroatoms. The molecule has 0 aliphatic carbocycles. The minimum atomic E-state index is -1.05. The quantitative estimate of drug-likeness (QED) is 0.639. The molecule has 3 aromatic rings. The van der Waals surface area contributed by atoms with Crippen molar-refractivity contribution in [2.45, 2.75) is 44.9 Å².